The molecule has 0 bridgehead atoms. The van der Waals surface area contributed by atoms with E-state index in [2.05, 4.69) is 49.0 Å². The summed E-state index contributed by atoms with van der Waals surface area (Å²) in [7, 11) is 2.03. The second-order valence-corrected chi connectivity index (χ2v) is 7.88. The number of nitrogens with one attached hydrogen (secondary N) is 1. The molecule has 0 atom stereocenters. The van der Waals surface area contributed by atoms with E-state index in [-0.39, 0.29) is 5.91 Å². The molecule has 6 nitrogen and oxygen atoms in total. The number of pyridine rings is 1. The maximum Gasteiger partial charge on any atom is 0.219 e. The summed E-state index contributed by atoms with van der Waals surface area (Å²) in [6, 6.07) is 5.38. The quantitative estimate of drug-likeness (QED) is 0.851. The molecule has 1 N–H and O–H groups in total. The monoisotopic (exact) mass is 405 g/mol. The lowest BCUT2D eigenvalue weighted by Gasteiger charge is -2.37. The van der Waals surface area contributed by atoms with E-state index in [0.717, 1.165) is 55.0 Å². The third-order valence-electron chi connectivity index (χ3n) is 5.58. The van der Waals surface area contributed by atoms with Gasteiger partial charge in [-0.05, 0) is 48.0 Å². The van der Waals surface area contributed by atoms with Crippen molar-refractivity contribution in [2.24, 2.45) is 0 Å². The zero-order valence-electron chi connectivity index (χ0n) is 14.7. The number of rotatable bonds is 3. The first-order chi connectivity index (χ1) is 12.1. The van der Waals surface area contributed by atoms with Crippen LogP contribution in [0.5, 0.6) is 0 Å². The van der Waals surface area contributed by atoms with E-state index in [4.69, 9.17) is 4.98 Å². The standard InChI is InChI=1S/C18H24BrN5O/c1-12(25)22-5-7-23(8-6-22)17-4-3-15-16(19)11-24(18(15)21-17)14-9-13(10-14)20-2/h3-4,11,13-14,20H,5-10H2,1-2H3. The Hall–Kier alpha value is -1.60. The fourth-order valence-corrected chi connectivity index (χ4v) is 4.36. The lowest BCUT2D eigenvalue weighted by atomic mass is 9.87. The molecule has 0 radical (unpaired) electrons. The topological polar surface area (TPSA) is 53.4 Å². The van der Waals surface area contributed by atoms with Gasteiger partial charge in [-0.15, -0.1) is 0 Å². The summed E-state index contributed by atoms with van der Waals surface area (Å²) in [4.78, 5) is 20.7. The zero-order chi connectivity index (χ0) is 17.6. The van der Waals surface area contributed by atoms with E-state index in [9.17, 15) is 4.79 Å². The summed E-state index contributed by atoms with van der Waals surface area (Å²) in [6.07, 6.45) is 4.47. The maximum atomic E-state index is 11.5. The number of hydrogen-bond acceptors (Lipinski definition) is 4. The van der Waals surface area contributed by atoms with Crippen LogP contribution in [-0.4, -0.2) is 59.6 Å². The van der Waals surface area contributed by atoms with Crippen molar-refractivity contribution in [3.63, 3.8) is 0 Å². The van der Waals surface area contributed by atoms with Crippen molar-refractivity contribution in [2.45, 2.75) is 31.8 Å². The van der Waals surface area contributed by atoms with Crippen molar-refractivity contribution in [3.05, 3.63) is 22.8 Å². The fraction of sp³-hybridized carbons (Fsp3) is 0.556. The molecular weight excluding hydrogens is 382 g/mol. The molecule has 2 aromatic heterocycles. The van der Waals surface area contributed by atoms with Crippen LogP contribution in [0.15, 0.2) is 22.8 Å². The number of aromatic nitrogens is 2. The average molecular weight is 406 g/mol. The SMILES string of the molecule is CNC1CC(n2cc(Br)c3ccc(N4CCN(C(C)=O)CC4)nc32)C1. The number of piperazine rings is 1. The van der Waals surface area contributed by atoms with Gasteiger partial charge in [0.1, 0.15) is 11.5 Å². The normalized spacial score (nSPS) is 23.8. The summed E-state index contributed by atoms with van der Waals surface area (Å²) >= 11 is 3.68. The highest BCUT2D eigenvalue weighted by Crippen LogP contribution is 2.37. The van der Waals surface area contributed by atoms with Crippen molar-refractivity contribution in [2.75, 3.05) is 38.1 Å². The smallest absolute Gasteiger partial charge is 0.219 e. The van der Waals surface area contributed by atoms with Gasteiger partial charge in [0.05, 0.1) is 0 Å². The van der Waals surface area contributed by atoms with Crippen LogP contribution in [0.3, 0.4) is 0 Å². The molecule has 0 spiro atoms. The molecule has 25 heavy (non-hydrogen) atoms. The van der Waals surface area contributed by atoms with E-state index >= 15 is 0 Å². The Morgan fingerprint density at radius 2 is 1.96 bits per heavy atom. The highest BCUT2D eigenvalue weighted by Gasteiger charge is 2.31. The van der Waals surface area contributed by atoms with Gasteiger partial charge in [-0.3, -0.25) is 4.79 Å². The summed E-state index contributed by atoms with van der Waals surface area (Å²) in [6.45, 7) is 4.86. The number of halogens is 1. The predicted molar refractivity (Wildman–Crippen MR) is 103 cm³/mol. The predicted octanol–water partition coefficient (Wildman–Crippen LogP) is 2.39. The Morgan fingerprint density at radius 1 is 1.24 bits per heavy atom. The third kappa shape index (κ3) is 3.04. The van der Waals surface area contributed by atoms with Crippen LogP contribution in [0.4, 0.5) is 5.82 Å². The van der Waals surface area contributed by atoms with Gasteiger partial charge in [0.2, 0.25) is 5.91 Å². The van der Waals surface area contributed by atoms with Crippen LogP contribution in [0.25, 0.3) is 11.0 Å². The van der Waals surface area contributed by atoms with Crippen molar-refractivity contribution >= 4 is 38.7 Å². The molecule has 1 aliphatic heterocycles. The van der Waals surface area contributed by atoms with Gasteiger partial charge >= 0.3 is 0 Å². The number of hydrogen-bond donors (Lipinski definition) is 1. The molecule has 2 aromatic rings. The molecule has 4 rings (SSSR count). The highest BCUT2D eigenvalue weighted by molar-refractivity contribution is 9.10. The van der Waals surface area contributed by atoms with Gasteiger partial charge in [0.25, 0.3) is 0 Å². The number of carbonyl (C=O) groups is 1. The van der Waals surface area contributed by atoms with Gasteiger partial charge in [0, 0.05) is 61.2 Å². The minimum Gasteiger partial charge on any atom is -0.353 e. The molecule has 1 amide bonds. The summed E-state index contributed by atoms with van der Waals surface area (Å²) in [5, 5.41) is 4.51. The number of carbonyl (C=O) groups excluding carboxylic acids is 1. The van der Waals surface area contributed by atoms with Crippen LogP contribution in [0.2, 0.25) is 0 Å². The molecule has 1 aliphatic carbocycles. The molecule has 2 fully saturated rings. The molecular formula is C18H24BrN5O. The number of nitrogens with zero attached hydrogens (tertiary/aromatic N) is 4. The first-order valence-corrected chi connectivity index (χ1v) is 9.71. The number of anilines is 1. The fourth-order valence-electron chi connectivity index (χ4n) is 3.83. The van der Waals surface area contributed by atoms with Gasteiger partial charge < -0.3 is 19.7 Å². The minimum atomic E-state index is 0.157. The first kappa shape index (κ1) is 16.8. The Balaban J connectivity index is 1.58. The Labute approximate surface area is 156 Å². The van der Waals surface area contributed by atoms with Gasteiger partial charge in [0.15, 0.2) is 0 Å². The Bertz CT molecular complexity index is 790. The van der Waals surface area contributed by atoms with E-state index in [1.165, 1.54) is 5.39 Å². The molecule has 1 saturated heterocycles. The molecule has 0 unspecified atom stereocenters. The van der Waals surface area contributed by atoms with E-state index < -0.39 is 0 Å². The molecule has 0 aromatic carbocycles. The number of fused-ring (bicyclic) bond motifs is 1. The largest absolute Gasteiger partial charge is 0.353 e. The van der Waals surface area contributed by atoms with Gasteiger partial charge in [-0.1, -0.05) is 0 Å². The van der Waals surface area contributed by atoms with E-state index in [0.29, 0.717) is 12.1 Å². The average Bonchev–Trinajstić information content (AvgIpc) is 2.90. The highest BCUT2D eigenvalue weighted by atomic mass is 79.9. The second-order valence-electron chi connectivity index (χ2n) is 7.03. The van der Waals surface area contributed by atoms with E-state index in [1.54, 1.807) is 6.92 Å². The van der Waals surface area contributed by atoms with Crippen molar-refractivity contribution in [1.29, 1.82) is 0 Å². The second kappa shape index (κ2) is 6.61. The van der Waals surface area contributed by atoms with Gasteiger partial charge in [-0.2, -0.15) is 0 Å². The van der Waals surface area contributed by atoms with Crippen LogP contribution in [-0.2, 0) is 4.79 Å². The lowest BCUT2D eigenvalue weighted by molar-refractivity contribution is -0.129. The molecule has 134 valence electrons. The molecule has 3 heterocycles. The van der Waals surface area contributed by atoms with Crippen molar-refractivity contribution in [1.82, 2.24) is 19.8 Å². The molecule has 2 aliphatic rings. The molecule has 7 heteroatoms. The molecule has 1 saturated carbocycles. The third-order valence-corrected chi connectivity index (χ3v) is 6.21. The Morgan fingerprint density at radius 3 is 2.60 bits per heavy atom. The number of amides is 1. The maximum absolute atomic E-state index is 11.5. The summed E-state index contributed by atoms with van der Waals surface area (Å²) in [5.41, 5.74) is 1.05. The van der Waals surface area contributed by atoms with Crippen molar-refractivity contribution in [3.8, 4) is 0 Å². The first-order valence-electron chi connectivity index (χ1n) is 8.91. The minimum absolute atomic E-state index is 0.157. The summed E-state index contributed by atoms with van der Waals surface area (Å²) in [5.74, 6) is 1.16. The van der Waals surface area contributed by atoms with Crippen LogP contribution in [0.1, 0.15) is 25.8 Å². The summed E-state index contributed by atoms with van der Waals surface area (Å²) < 4.78 is 3.43. The Kier molecular flexibility index (Phi) is 4.45. The van der Waals surface area contributed by atoms with Crippen LogP contribution >= 0.6 is 15.9 Å². The zero-order valence-corrected chi connectivity index (χ0v) is 16.3. The van der Waals surface area contributed by atoms with E-state index in [1.807, 2.05) is 11.9 Å². The van der Waals surface area contributed by atoms with Gasteiger partial charge in [-0.25, -0.2) is 4.98 Å². The van der Waals surface area contributed by atoms with Crippen LogP contribution < -0.4 is 10.2 Å². The van der Waals surface area contributed by atoms with Crippen LogP contribution in [0, 0.1) is 0 Å². The lowest BCUT2D eigenvalue weighted by Crippen LogP contribution is -2.48. The van der Waals surface area contributed by atoms with Crippen molar-refractivity contribution < 1.29 is 4.79 Å².